The summed E-state index contributed by atoms with van der Waals surface area (Å²) in [6.45, 7) is 6.10. The highest BCUT2D eigenvalue weighted by molar-refractivity contribution is 5.69. The summed E-state index contributed by atoms with van der Waals surface area (Å²) in [5, 5.41) is 0. The van der Waals surface area contributed by atoms with Crippen LogP contribution < -0.4 is 4.74 Å². The van der Waals surface area contributed by atoms with Gasteiger partial charge in [-0.15, -0.1) is 0 Å². The minimum atomic E-state index is -0.130. The van der Waals surface area contributed by atoms with Gasteiger partial charge in [-0.3, -0.25) is 4.79 Å². The van der Waals surface area contributed by atoms with E-state index in [-0.39, 0.29) is 5.97 Å². The van der Waals surface area contributed by atoms with Gasteiger partial charge in [-0.05, 0) is 37.0 Å². The van der Waals surface area contributed by atoms with Crippen molar-refractivity contribution in [3.63, 3.8) is 0 Å². The Labute approximate surface area is 172 Å². The highest BCUT2D eigenvalue weighted by Gasteiger charge is 2.02. The number of aryl methyl sites for hydroxylation is 1. The average molecular weight is 393 g/mol. The fraction of sp³-hybridized carbons (Fsp3) is 0.708. The van der Waals surface area contributed by atoms with Gasteiger partial charge in [0.1, 0.15) is 19.0 Å². The van der Waals surface area contributed by atoms with Gasteiger partial charge < -0.3 is 14.2 Å². The van der Waals surface area contributed by atoms with Gasteiger partial charge in [-0.25, -0.2) is 0 Å². The van der Waals surface area contributed by atoms with E-state index in [0.29, 0.717) is 32.8 Å². The number of hydrogen-bond donors (Lipinski definition) is 0. The first-order valence-corrected chi connectivity index (χ1v) is 11.2. The fourth-order valence-corrected chi connectivity index (χ4v) is 2.99. The van der Waals surface area contributed by atoms with Crippen LogP contribution in [0.1, 0.15) is 83.6 Å². The minimum Gasteiger partial charge on any atom is -0.491 e. The molecule has 0 aliphatic rings. The van der Waals surface area contributed by atoms with Gasteiger partial charge in [0, 0.05) is 6.42 Å². The lowest BCUT2D eigenvalue weighted by molar-refractivity contribution is -0.145. The van der Waals surface area contributed by atoms with Crippen LogP contribution in [0.15, 0.2) is 24.3 Å². The maximum absolute atomic E-state index is 11.4. The topological polar surface area (TPSA) is 44.8 Å². The molecule has 1 aromatic carbocycles. The largest absolute Gasteiger partial charge is 0.491 e. The third-order valence-electron chi connectivity index (χ3n) is 4.71. The zero-order valence-corrected chi connectivity index (χ0v) is 18.0. The van der Waals surface area contributed by atoms with Crippen LogP contribution in [0.4, 0.5) is 0 Å². The van der Waals surface area contributed by atoms with E-state index in [1.54, 1.807) is 0 Å². The first kappa shape index (κ1) is 24.5. The number of hydrogen-bond acceptors (Lipinski definition) is 4. The van der Waals surface area contributed by atoms with E-state index >= 15 is 0 Å². The second-order valence-electron chi connectivity index (χ2n) is 7.30. The van der Waals surface area contributed by atoms with Crippen molar-refractivity contribution in [2.45, 2.75) is 84.5 Å². The van der Waals surface area contributed by atoms with E-state index < -0.39 is 0 Å². The molecule has 1 aromatic rings. The molecule has 1 rings (SSSR count). The molecule has 160 valence electrons. The second kappa shape index (κ2) is 17.5. The van der Waals surface area contributed by atoms with E-state index in [4.69, 9.17) is 14.2 Å². The van der Waals surface area contributed by atoms with Crippen molar-refractivity contribution in [2.75, 3.05) is 26.4 Å². The molecular formula is C24H40O4. The number of esters is 1. The summed E-state index contributed by atoms with van der Waals surface area (Å²) >= 11 is 0. The van der Waals surface area contributed by atoms with Gasteiger partial charge in [0.25, 0.3) is 0 Å². The lowest BCUT2D eigenvalue weighted by Crippen LogP contribution is -2.13. The molecule has 0 heterocycles. The third kappa shape index (κ3) is 13.6. The normalized spacial score (nSPS) is 10.8. The molecule has 0 aliphatic heterocycles. The standard InChI is InChI=1S/C24H40O4/c1-3-5-7-8-9-11-12-22-14-16-23(17-15-22)27-20-18-26-19-21-28-24(25)13-10-6-4-2/h14-17H,3-13,18-21H2,1-2H3. The van der Waals surface area contributed by atoms with Crippen molar-refractivity contribution in [2.24, 2.45) is 0 Å². The molecule has 0 bridgehead atoms. The Bertz CT molecular complexity index is 484. The molecule has 0 saturated carbocycles. The molecule has 0 unspecified atom stereocenters. The molecule has 4 nitrogen and oxygen atoms in total. The number of ether oxygens (including phenoxy) is 3. The monoisotopic (exact) mass is 392 g/mol. The number of benzene rings is 1. The lowest BCUT2D eigenvalue weighted by atomic mass is 10.0. The summed E-state index contributed by atoms with van der Waals surface area (Å²) in [6, 6.07) is 8.37. The zero-order chi connectivity index (χ0) is 20.3. The SMILES string of the molecule is CCCCCCCCc1ccc(OCCOCCOC(=O)CCCCC)cc1. The predicted molar refractivity (Wildman–Crippen MR) is 115 cm³/mol. The van der Waals surface area contributed by atoms with E-state index in [9.17, 15) is 4.79 Å². The van der Waals surface area contributed by atoms with Crippen LogP contribution in [0, 0.1) is 0 Å². The molecule has 0 fully saturated rings. The summed E-state index contributed by atoms with van der Waals surface area (Å²) in [5.74, 6) is 0.743. The molecule has 28 heavy (non-hydrogen) atoms. The molecule has 0 amide bonds. The molecular weight excluding hydrogens is 352 g/mol. The number of rotatable bonds is 18. The van der Waals surface area contributed by atoms with Crippen LogP contribution in [0.3, 0.4) is 0 Å². The van der Waals surface area contributed by atoms with Gasteiger partial charge >= 0.3 is 5.97 Å². The van der Waals surface area contributed by atoms with Gasteiger partial charge in [0.2, 0.25) is 0 Å². The van der Waals surface area contributed by atoms with Gasteiger partial charge in [-0.1, -0.05) is 70.9 Å². The Morgan fingerprint density at radius 2 is 1.39 bits per heavy atom. The zero-order valence-electron chi connectivity index (χ0n) is 18.0. The van der Waals surface area contributed by atoms with Crippen LogP contribution >= 0.6 is 0 Å². The molecule has 0 atom stereocenters. The molecule has 0 spiro atoms. The van der Waals surface area contributed by atoms with Crippen molar-refractivity contribution in [1.29, 1.82) is 0 Å². The quantitative estimate of drug-likeness (QED) is 0.223. The van der Waals surface area contributed by atoms with Crippen LogP contribution in [0.2, 0.25) is 0 Å². The second-order valence-corrected chi connectivity index (χ2v) is 7.30. The summed E-state index contributed by atoms with van der Waals surface area (Å²) in [5.41, 5.74) is 1.37. The highest BCUT2D eigenvalue weighted by atomic mass is 16.6. The van der Waals surface area contributed by atoms with Gasteiger partial charge in [-0.2, -0.15) is 0 Å². The maximum atomic E-state index is 11.4. The Kier molecular flexibility index (Phi) is 15.3. The van der Waals surface area contributed by atoms with E-state index in [1.807, 2.05) is 12.1 Å². The summed E-state index contributed by atoms with van der Waals surface area (Å²) in [6.07, 6.45) is 12.7. The summed E-state index contributed by atoms with van der Waals surface area (Å²) < 4.78 is 16.3. The van der Waals surface area contributed by atoms with E-state index in [0.717, 1.165) is 31.4 Å². The summed E-state index contributed by atoms with van der Waals surface area (Å²) in [7, 11) is 0. The molecule has 4 heteroatoms. The minimum absolute atomic E-state index is 0.130. The first-order chi connectivity index (χ1) is 13.8. The molecule has 0 radical (unpaired) electrons. The van der Waals surface area contributed by atoms with Crippen molar-refractivity contribution in [1.82, 2.24) is 0 Å². The Morgan fingerprint density at radius 3 is 2.14 bits per heavy atom. The average Bonchev–Trinajstić information content (AvgIpc) is 2.71. The van der Waals surface area contributed by atoms with E-state index in [2.05, 4.69) is 26.0 Å². The maximum Gasteiger partial charge on any atom is 0.305 e. The Morgan fingerprint density at radius 1 is 0.750 bits per heavy atom. The highest BCUT2D eigenvalue weighted by Crippen LogP contribution is 2.15. The van der Waals surface area contributed by atoms with Crippen molar-refractivity contribution < 1.29 is 19.0 Å². The number of carbonyl (C=O) groups excluding carboxylic acids is 1. The van der Waals surface area contributed by atoms with Crippen molar-refractivity contribution in [3.05, 3.63) is 29.8 Å². The van der Waals surface area contributed by atoms with Crippen molar-refractivity contribution in [3.8, 4) is 5.75 Å². The van der Waals surface area contributed by atoms with Crippen LogP contribution in [-0.4, -0.2) is 32.4 Å². The van der Waals surface area contributed by atoms with E-state index in [1.165, 1.54) is 44.1 Å². The van der Waals surface area contributed by atoms with Gasteiger partial charge in [0.15, 0.2) is 0 Å². The van der Waals surface area contributed by atoms with Crippen LogP contribution in [0.5, 0.6) is 5.75 Å². The number of carbonyl (C=O) groups is 1. The third-order valence-corrected chi connectivity index (χ3v) is 4.71. The fourth-order valence-electron chi connectivity index (χ4n) is 2.99. The molecule has 0 saturated heterocycles. The van der Waals surface area contributed by atoms with Crippen LogP contribution in [0.25, 0.3) is 0 Å². The predicted octanol–water partition coefficient (Wildman–Crippen LogP) is 6.11. The lowest BCUT2D eigenvalue weighted by Gasteiger charge is -2.09. The van der Waals surface area contributed by atoms with Gasteiger partial charge in [0.05, 0.1) is 13.2 Å². The number of unbranched alkanes of at least 4 members (excludes halogenated alkanes) is 7. The molecule has 0 aliphatic carbocycles. The van der Waals surface area contributed by atoms with Crippen molar-refractivity contribution >= 4 is 5.97 Å². The van der Waals surface area contributed by atoms with Crippen LogP contribution in [-0.2, 0) is 20.7 Å². The smallest absolute Gasteiger partial charge is 0.305 e. The summed E-state index contributed by atoms with van der Waals surface area (Å²) in [4.78, 5) is 11.4. The first-order valence-electron chi connectivity index (χ1n) is 11.2. The molecule has 0 aromatic heterocycles. The Hall–Kier alpha value is -1.55. The Balaban J connectivity index is 1.99. The molecule has 0 N–H and O–H groups in total.